The molecule has 0 aliphatic carbocycles. The summed E-state index contributed by atoms with van der Waals surface area (Å²) in [7, 11) is 0. The highest BCUT2D eigenvalue weighted by Gasteiger charge is 2.14. The van der Waals surface area contributed by atoms with Gasteiger partial charge in [0.2, 0.25) is 0 Å². The van der Waals surface area contributed by atoms with Crippen LogP contribution in [0.3, 0.4) is 0 Å². The van der Waals surface area contributed by atoms with Gasteiger partial charge < -0.3 is 16.2 Å². The molecule has 0 bridgehead atoms. The molecule has 0 aliphatic rings. The van der Waals surface area contributed by atoms with E-state index in [-0.39, 0.29) is 0 Å². The average Bonchev–Trinajstić information content (AvgIpc) is 1.97. The first-order chi connectivity index (χ1) is 5.22. The maximum Gasteiger partial charge on any atom is 0.326 e. The first-order valence-corrected chi connectivity index (χ1v) is 3.30. The fourth-order valence-electron chi connectivity index (χ4n) is 0.657. The second-order valence-electron chi connectivity index (χ2n) is 2.08. The van der Waals surface area contributed by atoms with Crippen molar-refractivity contribution in [3.63, 3.8) is 0 Å². The Morgan fingerprint density at radius 2 is 2.45 bits per heavy atom. The highest BCUT2D eigenvalue weighted by Crippen LogP contribution is 1.94. The van der Waals surface area contributed by atoms with E-state index in [2.05, 4.69) is 5.32 Å². The van der Waals surface area contributed by atoms with Gasteiger partial charge in [-0.1, -0.05) is 0 Å². The van der Waals surface area contributed by atoms with E-state index in [1.54, 1.807) is 6.19 Å². The quantitative estimate of drug-likeness (QED) is 0.360. The van der Waals surface area contributed by atoms with Crippen LogP contribution in [-0.2, 0) is 4.79 Å². The number of nitrogens with zero attached hydrogens (tertiary/aromatic N) is 1. The van der Waals surface area contributed by atoms with Gasteiger partial charge in [-0.3, -0.25) is 0 Å². The van der Waals surface area contributed by atoms with Crippen LogP contribution in [0.1, 0.15) is 12.8 Å². The van der Waals surface area contributed by atoms with E-state index in [0.717, 1.165) is 0 Å². The van der Waals surface area contributed by atoms with Crippen LogP contribution < -0.4 is 11.1 Å². The lowest BCUT2D eigenvalue weighted by Gasteiger charge is -2.07. The molecule has 0 amide bonds. The molecular weight excluding hydrogens is 146 g/mol. The summed E-state index contributed by atoms with van der Waals surface area (Å²) in [6.45, 7) is 0.441. The van der Waals surface area contributed by atoms with Gasteiger partial charge in [0.15, 0.2) is 6.19 Å². The van der Waals surface area contributed by atoms with Crippen molar-refractivity contribution >= 4 is 5.97 Å². The molecule has 0 aliphatic heterocycles. The average molecular weight is 157 g/mol. The SMILES string of the molecule is N#CN[C@@H](CCCN)C(=O)O. The topological polar surface area (TPSA) is 99.1 Å². The second-order valence-corrected chi connectivity index (χ2v) is 2.08. The molecule has 62 valence electrons. The summed E-state index contributed by atoms with van der Waals surface area (Å²) in [4.78, 5) is 10.3. The van der Waals surface area contributed by atoms with Gasteiger partial charge in [0.05, 0.1) is 0 Å². The summed E-state index contributed by atoms with van der Waals surface area (Å²) < 4.78 is 0. The van der Waals surface area contributed by atoms with Crippen LogP contribution in [0.5, 0.6) is 0 Å². The number of hydrogen-bond acceptors (Lipinski definition) is 4. The molecule has 0 radical (unpaired) electrons. The van der Waals surface area contributed by atoms with Gasteiger partial charge in [-0.2, -0.15) is 5.26 Å². The molecule has 0 spiro atoms. The van der Waals surface area contributed by atoms with Gasteiger partial charge in [0.1, 0.15) is 6.04 Å². The molecule has 1 atom stereocenters. The fraction of sp³-hybridized carbons (Fsp3) is 0.667. The van der Waals surface area contributed by atoms with Crippen molar-refractivity contribution in [2.75, 3.05) is 6.54 Å². The first-order valence-electron chi connectivity index (χ1n) is 3.30. The number of nitriles is 1. The lowest BCUT2D eigenvalue weighted by atomic mass is 10.1. The second kappa shape index (κ2) is 5.50. The number of carboxylic acids is 1. The van der Waals surface area contributed by atoms with Crippen molar-refractivity contribution in [2.24, 2.45) is 5.73 Å². The molecule has 5 heteroatoms. The van der Waals surface area contributed by atoms with Gasteiger partial charge in [0.25, 0.3) is 0 Å². The number of carboxylic acid groups (broad SMARTS) is 1. The number of rotatable bonds is 5. The minimum absolute atomic E-state index is 0.388. The first kappa shape index (κ1) is 9.72. The lowest BCUT2D eigenvalue weighted by molar-refractivity contribution is -0.139. The molecule has 0 fully saturated rings. The number of nitrogens with one attached hydrogen (secondary N) is 1. The van der Waals surface area contributed by atoms with Crippen molar-refractivity contribution in [2.45, 2.75) is 18.9 Å². The van der Waals surface area contributed by atoms with E-state index in [1.165, 1.54) is 0 Å². The van der Waals surface area contributed by atoms with Crippen LogP contribution in [0.15, 0.2) is 0 Å². The minimum Gasteiger partial charge on any atom is -0.480 e. The van der Waals surface area contributed by atoms with Gasteiger partial charge in [0, 0.05) is 0 Å². The Hall–Kier alpha value is -1.28. The maximum atomic E-state index is 10.3. The summed E-state index contributed by atoms with van der Waals surface area (Å²) in [5.41, 5.74) is 5.17. The molecule has 0 saturated carbocycles. The standard InChI is InChI=1S/C6H11N3O2/c7-3-1-2-5(6(10)11)9-4-8/h5,9H,1-3,7H2,(H,10,11)/t5-/m0/s1. The summed E-state index contributed by atoms with van der Waals surface area (Å²) in [6.07, 6.45) is 2.58. The van der Waals surface area contributed by atoms with E-state index in [1.807, 2.05) is 0 Å². The summed E-state index contributed by atoms with van der Waals surface area (Å²) in [5.74, 6) is -1.01. The van der Waals surface area contributed by atoms with Crippen LogP contribution in [0.25, 0.3) is 0 Å². The third-order valence-corrected chi connectivity index (χ3v) is 1.23. The lowest BCUT2D eigenvalue weighted by Crippen LogP contribution is -2.33. The van der Waals surface area contributed by atoms with Crippen LogP contribution in [0, 0.1) is 11.5 Å². The van der Waals surface area contributed by atoms with Crippen LogP contribution >= 0.6 is 0 Å². The van der Waals surface area contributed by atoms with Gasteiger partial charge in [-0.05, 0) is 19.4 Å². The van der Waals surface area contributed by atoms with Crippen molar-refractivity contribution in [1.82, 2.24) is 5.32 Å². The molecule has 0 unspecified atom stereocenters. The number of aliphatic carboxylic acids is 1. The van der Waals surface area contributed by atoms with E-state index in [9.17, 15) is 4.79 Å². The van der Waals surface area contributed by atoms with Crippen molar-refractivity contribution in [3.05, 3.63) is 0 Å². The number of hydrogen-bond donors (Lipinski definition) is 3. The molecular formula is C6H11N3O2. The van der Waals surface area contributed by atoms with E-state index < -0.39 is 12.0 Å². The molecule has 0 aromatic heterocycles. The normalized spacial score (nSPS) is 11.6. The van der Waals surface area contributed by atoms with E-state index in [4.69, 9.17) is 16.1 Å². The zero-order valence-corrected chi connectivity index (χ0v) is 6.08. The zero-order chi connectivity index (χ0) is 8.69. The van der Waals surface area contributed by atoms with E-state index in [0.29, 0.717) is 19.4 Å². The number of nitrogens with two attached hydrogens (primary N) is 1. The molecule has 4 N–H and O–H groups in total. The van der Waals surface area contributed by atoms with Crippen LogP contribution in [-0.4, -0.2) is 23.7 Å². The molecule has 0 aromatic rings. The fourth-order valence-corrected chi connectivity index (χ4v) is 0.657. The minimum atomic E-state index is -1.01. The predicted molar refractivity (Wildman–Crippen MR) is 38.5 cm³/mol. The van der Waals surface area contributed by atoms with E-state index >= 15 is 0 Å². The van der Waals surface area contributed by atoms with Crippen LogP contribution in [0.4, 0.5) is 0 Å². The maximum absolute atomic E-state index is 10.3. The Morgan fingerprint density at radius 3 is 2.82 bits per heavy atom. The third-order valence-electron chi connectivity index (χ3n) is 1.23. The Labute approximate surface area is 64.8 Å². The van der Waals surface area contributed by atoms with Crippen molar-refractivity contribution < 1.29 is 9.90 Å². The van der Waals surface area contributed by atoms with Gasteiger partial charge in [-0.25, -0.2) is 4.79 Å². The molecule has 0 heterocycles. The number of carbonyl (C=O) groups is 1. The van der Waals surface area contributed by atoms with Gasteiger partial charge >= 0.3 is 5.97 Å². The molecule has 0 aromatic carbocycles. The molecule has 0 saturated heterocycles. The largest absolute Gasteiger partial charge is 0.480 e. The Kier molecular flexibility index (Phi) is 4.86. The van der Waals surface area contributed by atoms with Crippen molar-refractivity contribution in [3.8, 4) is 6.19 Å². The predicted octanol–water partition coefficient (Wildman–Crippen LogP) is -0.751. The Morgan fingerprint density at radius 1 is 1.82 bits per heavy atom. The molecule has 0 rings (SSSR count). The zero-order valence-electron chi connectivity index (χ0n) is 6.08. The Balaban J connectivity index is 3.72. The highest BCUT2D eigenvalue weighted by atomic mass is 16.4. The summed E-state index contributed by atoms with van der Waals surface area (Å²) in [6, 6.07) is -0.788. The van der Waals surface area contributed by atoms with Crippen LogP contribution in [0.2, 0.25) is 0 Å². The molecule has 5 nitrogen and oxygen atoms in total. The smallest absolute Gasteiger partial charge is 0.326 e. The summed E-state index contributed by atoms with van der Waals surface area (Å²) >= 11 is 0. The summed E-state index contributed by atoms with van der Waals surface area (Å²) in [5, 5.41) is 18.8. The van der Waals surface area contributed by atoms with Crippen molar-refractivity contribution in [1.29, 1.82) is 5.26 Å². The Bertz CT molecular complexity index is 164. The molecule has 11 heavy (non-hydrogen) atoms. The van der Waals surface area contributed by atoms with Gasteiger partial charge in [-0.15, -0.1) is 0 Å². The highest BCUT2D eigenvalue weighted by molar-refractivity contribution is 5.73. The monoisotopic (exact) mass is 157 g/mol. The third kappa shape index (κ3) is 4.17.